The van der Waals surface area contributed by atoms with Gasteiger partial charge in [-0.1, -0.05) is 43.9 Å². The van der Waals surface area contributed by atoms with Gasteiger partial charge in [-0.05, 0) is 67.3 Å². The summed E-state index contributed by atoms with van der Waals surface area (Å²) < 4.78 is 10.9. The van der Waals surface area contributed by atoms with E-state index < -0.39 is 5.91 Å². The summed E-state index contributed by atoms with van der Waals surface area (Å²) in [4.78, 5) is 31.4. The zero-order valence-electron chi connectivity index (χ0n) is 21.4. The number of nitrogens with zero attached hydrogens (tertiary/aromatic N) is 2. The van der Waals surface area contributed by atoms with Crippen LogP contribution in [0.5, 0.6) is 16.7 Å². The smallest absolute Gasteiger partial charge is 0.281 e. The largest absolute Gasteiger partial charge is 0.497 e. The fraction of sp³-hybridized carbons (Fsp3) is 0.393. The molecule has 0 atom stereocenters. The molecule has 196 valence electrons. The second kappa shape index (κ2) is 12.6. The summed E-state index contributed by atoms with van der Waals surface area (Å²) in [5.74, 6) is 0.942. The first-order valence-electron chi connectivity index (χ1n) is 12.8. The molecule has 9 heteroatoms. The number of hydrogen-bond acceptors (Lipinski definition) is 7. The van der Waals surface area contributed by atoms with Crippen LogP contribution in [-0.4, -0.2) is 37.0 Å². The lowest BCUT2D eigenvalue weighted by atomic mass is 9.91. The number of rotatable bonds is 11. The van der Waals surface area contributed by atoms with Gasteiger partial charge in [-0.3, -0.25) is 9.59 Å². The zero-order valence-corrected chi connectivity index (χ0v) is 22.2. The van der Waals surface area contributed by atoms with Crippen LogP contribution in [0, 0.1) is 5.92 Å². The number of nitrogens with one attached hydrogen (secondary N) is 1. The Morgan fingerprint density at radius 3 is 2.35 bits per heavy atom. The summed E-state index contributed by atoms with van der Waals surface area (Å²) in [5.41, 5.74) is 7.06. The third kappa shape index (κ3) is 7.01. The average molecular weight is 523 g/mol. The molecule has 3 aromatic rings. The van der Waals surface area contributed by atoms with E-state index in [2.05, 4.69) is 22.1 Å². The van der Waals surface area contributed by atoms with Crippen LogP contribution in [0.25, 0.3) is 0 Å². The predicted octanol–water partition coefficient (Wildman–Crippen LogP) is 6.09. The molecule has 2 heterocycles. The molecule has 3 N–H and O–H groups in total. The van der Waals surface area contributed by atoms with E-state index in [1.165, 1.54) is 38.5 Å². The van der Waals surface area contributed by atoms with Gasteiger partial charge >= 0.3 is 0 Å². The van der Waals surface area contributed by atoms with E-state index >= 15 is 0 Å². The summed E-state index contributed by atoms with van der Waals surface area (Å²) in [6.45, 7) is 4.33. The maximum absolute atomic E-state index is 12.9. The Bertz CT molecular complexity index is 1190. The number of piperidine rings is 1. The van der Waals surface area contributed by atoms with Gasteiger partial charge < -0.3 is 25.4 Å². The lowest BCUT2D eigenvalue weighted by Gasteiger charge is -2.33. The van der Waals surface area contributed by atoms with Gasteiger partial charge in [-0.2, -0.15) is 4.98 Å². The van der Waals surface area contributed by atoms with Gasteiger partial charge in [-0.25, -0.2) is 0 Å². The Labute approximate surface area is 221 Å². The van der Waals surface area contributed by atoms with Gasteiger partial charge in [0.05, 0.1) is 7.11 Å². The van der Waals surface area contributed by atoms with Crippen molar-refractivity contribution in [3.63, 3.8) is 0 Å². The van der Waals surface area contributed by atoms with Crippen molar-refractivity contribution < 1.29 is 19.1 Å². The number of benzene rings is 2. The number of aromatic nitrogens is 1. The van der Waals surface area contributed by atoms with E-state index in [1.807, 2.05) is 12.1 Å². The van der Waals surface area contributed by atoms with E-state index in [0.29, 0.717) is 17.1 Å². The molecule has 0 bridgehead atoms. The van der Waals surface area contributed by atoms with Crippen LogP contribution in [-0.2, 0) is 0 Å². The number of thiazole rings is 1. The minimum atomic E-state index is -0.746. The second-order valence-electron chi connectivity index (χ2n) is 9.23. The van der Waals surface area contributed by atoms with E-state index in [-0.39, 0.29) is 21.8 Å². The number of methoxy groups -OCH3 is 1. The molecule has 1 fully saturated rings. The number of primary amides is 1. The molecule has 1 aliphatic heterocycles. The monoisotopic (exact) mass is 522 g/mol. The van der Waals surface area contributed by atoms with Crippen LogP contribution >= 0.6 is 11.3 Å². The van der Waals surface area contributed by atoms with Crippen LogP contribution in [0.4, 0.5) is 10.7 Å². The number of ether oxygens (including phenoxy) is 2. The third-order valence-corrected chi connectivity index (χ3v) is 7.51. The van der Waals surface area contributed by atoms with Crippen LogP contribution in [0.2, 0.25) is 0 Å². The molecule has 0 aliphatic carbocycles. The highest BCUT2D eigenvalue weighted by Gasteiger charge is 2.21. The first-order valence-corrected chi connectivity index (χ1v) is 13.6. The van der Waals surface area contributed by atoms with Gasteiger partial charge in [-0.15, -0.1) is 0 Å². The van der Waals surface area contributed by atoms with Crippen molar-refractivity contribution in [1.82, 2.24) is 4.98 Å². The normalized spacial score (nSPS) is 13.8. The fourth-order valence-corrected chi connectivity index (χ4v) is 5.34. The SMILES string of the molecule is CCCCCC1CCN(c2ccc(C(=O)Nc3sc(Oc4ccc(OC)cc4)nc3C(N)=O)cc2)CC1. The molecular formula is C28H34N4O4S. The molecule has 37 heavy (non-hydrogen) atoms. The van der Waals surface area contributed by atoms with Crippen molar-refractivity contribution >= 4 is 33.8 Å². The van der Waals surface area contributed by atoms with Gasteiger partial charge in [0.1, 0.15) is 16.5 Å². The molecule has 2 aromatic carbocycles. The molecule has 8 nitrogen and oxygen atoms in total. The highest BCUT2D eigenvalue weighted by atomic mass is 32.1. The molecule has 0 spiro atoms. The summed E-state index contributed by atoms with van der Waals surface area (Å²) in [6, 6.07) is 14.5. The number of unbranched alkanes of at least 4 members (excludes halogenated alkanes) is 2. The van der Waals surface area contributed by atoms with Crippen LogP contribution in [0.1, 0.15) is 66.3 Å². The first kappa shape index (κ1) is 26.5. The molecule has 2 amide bonds. The number of carbonyl (C=O) groups is 2. The predicted molar refractivity (Wildman–Crippen MR) is 147 cm³/mol. The van der Waals surface area contributed by atoms with Crippen LogP contribution in [0.15, 0.2) is 48.5 Å². The second-order valence-corrected chi connectivity index (χ2v) is 10.2. The maximum atomic E-state index is 12.9. The van der Waals surface area contributed by atoms with Crippen LogP contribution in [0.3, 0.4) is 0 Å². The number of anilines is 2. The summed E-state index contributed by atoms with van der Waals surface area (Å²) in [6.07, 6.45) is 7.69. The molecular weight excluding hydrogens is 488 g/mol. The Balaban J connectivity index is 1.37. The molecule has 0 radical (unpaired) electrons. The van der Waals surface area contributed by atoms with Crippen molar-refractivity contribution in [3.8, 4) is 16.7 Å². The number of nitrogens with two attached hydrogens (primary N) is 1. The quantitative estimate of drug-likeness (QED) is 0.295. The van der Waals surface area contributed by atoms with Crippen molar-refractivity contribution in [2.45, 2.75) is 45.4 Å². The standard InChI is InChI=1S/C28H34N4O4S/c1-3-4-5-6-19-15-17-32(18-16-19)21-9-7-20(8-10-21)26(34)31-27-24(25(29)33)30-28(37-27)36-23-13-11-22(35-2)12-14-23/h7-14,19H,3-6,15-18H2,1-2H3,(H2,29,33)(H,31,34). The van der Waals surface area contributed by atoms with E-state index in [0.717, 1.165) is 36.0 Å². The summed E-state index contributed by atoms with van der Waals surface area (Å²) in [7, 11) is 1.58. The Hall–Kier alpha value is -3.59. The lowest BCUT2D eigenvalue weighted by molar-refractivity contribution is 0.0996. The molecule has 0 saturated carbocycles. The van der Waals surface area contributed by atoms with E-state index in [4.69, 9.17) is 15.2 Å². The van der Waals surface area contributed by atoms with Gasteiger partial charge in [0.25, 0.3) is 17.0 Å². The lowest BCUT2D eigenvalue weighted by Crippen LogP contribution is -2.33. The molecule has 1 aromatic heterocycles. The molecule has 1 aliphatic rings. The minimum Gasteiger partial charge on any atom is -0.497 e. The first-order chi connectivity index (χ1) is 18.0. The fourth-order valence-electron chi connectivity index (χ4n) is 4.50. The topological polar surface area (TPSA) is 107 Å². The van der Waals surface area contributed by atoms with Gasteiger partial charge in [0.2, 0.25) is 0 Å². The Morgan fingerprint density at radius 1 is 1.05 bits per heavy atom. The molecule has 1 saturated heterocycles. The number of carbonyl (C=O) groups excluding carboxylic acids is 2. The van der Waals surface area contributed by atoms with E-state index in [1.54, 1.807) is 43.5 Å². The van der Waals surface area contributed by atoms with Crippen molar-refractivity contribution in [3.05, 3.63) is 59.8 Å². The Morgan fingerprint density at radius 2 is 1.73 bits per heavy atom. The molecule has 4 rings (SSSR count). The van der Waals surface area contributed by atoms with Crippen molar-refractivity contribution in [2.75, 3.05) is 30.4 Å². The zero-order chi connectivity index (χ0) is 26.2. The van der Waals surface area contributed by atoms with E-state index in [9.17, 15) is 9.59 Å². The van der Waals surface area contributed by atoms with Crippen molar-refractivity contribution in [1.29, 1.82) is 0 Å². The number of amides is 2. The average Bonchev–Trinajstić information content (AvgIpc) is 3.32. The van der Waals surface area contributed by atoms with Gasteiger partial charge in [0, 0.05) is 24.3 Å². The molecule has 0 unspecified atom stereocenters. The number of hydrogen-bond donors (Lipinski definition) is 2. The highest BCUT2D eigenvalue weighted by molar-refractivity contribution is 7.18. The van der Waals surface area contributed by atoms with Crippen LogP contribution < -0.4 is 25.4 Å². The minimum absolute atomic E-state index is 0.0414. The summed E-state index contributed by atoms with van der Waals surface area (Å²) in [5, 5.41) is 3.21. The third-order valence-electron chi connectivity index (χ3n) is 6.66. The van der Waals surface area contributed by atoms with Crippen molar-refractivity contribution in [2.24, 2.45) is 11.7 Å². The highest BCUT2D eigenvalue weighted by Crippen LogP contribution is 2.34. The Kier molecular flexibility index (Phi) is 9.00. The summed E-state index contributed by atoms with van der Waals surface area (Å²) >= 11 is 1.04. The van der Waals surface area contributed by atoms with Gasteiger partial charge in [0.15, 0.2) is 5.69 Å². The maximum Gasteiger partial charge on any atom is 0.281 e.